The molecule has 1 aromatic rings. The zero-order chi connectivity index (χ0) is 10.4. The Morgan fingerprint density at radius 2 is 2.36 bits per heavy atom. The molecule has 1 rings (SSSR count). The Kier molecular flexibility index (Phi) is 4.64. The Morgan fingerprint density at radius 3 is 2.86 bits per heavy atom. The highest BCUT2D eigenvalue weighted by atomic mass is 32.1. The highest BCUT2D eigenvalue weighted by Crippen LogP contribution is 2.08. The third-order valence-corrected chi connectivity index (χ3v) is 3.06. The summed E-state index contributed by atoms with van der Waals surface area (Å²) in [7, 11) is 0. The summed E-state index contributed by atoms with van der Waals surface area (Å²) in [5.41, 5.74) is 0. The molecule has 0 aliphatic rings. The van der Waals surface area contributed by atoms with E-state index in [2.05, 4.69) is 42.7 Å². The van der Waals surface area contributed by atoms with Gasteiger partial charge in [0.05, 0.1) is 12.1 Å². The number of thiophene rings is 1. The second-order valence-corrected chi connectivity index (χ2v) is 4.67. The van der Waals surface area contributed by atoms with Crippen molar-refractivity contribution in [3.05, 3.63) is 22.4 Å². The van der Waals surface area contributed by atoms with Crippen LogP contribution in [-0.4, -0.2) is 12.6 Å². The van der Waals surface area contributed by atoms with Crippen LogP contribution in [0.1, 0.15) is 18.7 Å². The van der Waals surface area contributed by atoms with Gasteiger partial charge in [0.25, 0.3) is 0 Å². The summed E-state index contributed by atoms with van der Waals surface area (Å²) in [6.07, 6.45) is 1.02. The van der Waals surface area contributed by atoms with E-state index in [1.54, 1.807) is 11.3 Å². The van der Waals surface area contributed by atoms with E-state index in [-0.39, 0.29) is 6.04 Å². The predicted molar refractivity (Wildman–Crippen MR) is 60.3 cm³/mol. The summed E-state index contributed by atoms with van der Waals surface area (Å²) in [4.78, 5) is 1.37. The first-order chi connectivity index (χ1) is 6.74. The molecule has 0 aromatic carbocycles. The maximum absolute atomic E-state index is 8.84. The minimum absolute atomic E-state index is 0.0186. The lowest BCUT2D eigenvalue weighted by atomic mass is 10.1. The quantitative estimate of drug-likeness (QED) is 0.806. The van der Waals surface area contributed by atoms with Gasteiger partial charge in [0, 0.05) is 11.4 Å². The number of rotatable bonds is 5. The zero-order valence-electron chi connectivity index (χ0n) is 8.66. The molecule has 0 fully saturated rings. The summed E-state index contributed by atoms with van der Waals surface area (Å²) < 4.78 is 0. The van der Waals surface area contributed by atoms with E-state index >= 15 is 0 Å². The van der Waals surface area contributed by atoms with Gasteiger partial charge in [-0.25, -0.2) is 0 Å². The van der Waals surface area contributed by atoms with Crippen molar-refractivity contribution in [2.75, 3.05) is 6.54 Å². The smallest absolute Gasteiger partial charge is 0.0976 e. The molecule has 0 spiro atoms. The van der Waals surface area contributed by atoms with Gasteiger partial charge in [-0.2, -0.15) is 5.26 Å². The highest BCUT2D eigenvalue weighted by Gasteiger charge is 2.10. The molecule has 0 aliphatic carbocycles. The van der Waals surface area contributed by atoms with Crippen LogP contribution in [0.5, 0.6) is 0 Å². The summed E-state index contributed by atoms with van der Waals surface area (Å²) in [6, 6.07) is 6.44. The van der Waals surface area contributed by atoms with Crippen LogP contribution in [0.15, 0.2) is 17.5 Å². The lowest BCUT2D eigenvalue weighted by Crippen LogP contribution is -2.33. The van der Waals surface area contributed by atoms with Gasteiger partial charge in [-0.1, -0.05) is 19.9 Å². The summed E-state index contributed by atoms with van der Waals surface area (Å²) >= 11 is 1.77. The maximum atomic E-state index is 8.84. The van der Waals surface area contributed by atoms with Gasteiger partial charge in [-0.3, -0.25) is 0 Å². The lowest BCUT2D eigenvalue weighted by molar-refractivity contribution is 0.476. The summed E-state index contributed by atoms with van der Waals surface area (Å²) in [5.74, 6) is 0.378. The third-order valence-electron chi connectivity index (χ3n) is 2.12. The number of nitrogens with one attached hydrogen (secondary N) is 1. The van der Waals surface area contributed by atoms with Gasteiger partial charge in [0.2, 0.25) is 0 Å². The van der Waals surface area contributed by atoms with Crippen molar-refractivity contribution in [1.82, 2.24) is 5.32 Å². The molecule has 1 atom stereocenters. The number of hydrogen-bond acceptors (Lipinski definition) is 3. The first kappa shape index (κ1) is 11.2. The molecular formula is C11H16N2S. The minimum atomic E-state index is -0.0186. The maximum Gasteiger partial charge on any atom is 0.0976 e. The van der Waals surface area contributed by atoms with Crippen molar-refractivity contribution in [2.24, 2.45) is 5.92 Å². The fourth-order valence-corrected chi connectivity index (χ4v) is 1.95. The first-order valence-corrected chi connectivity index (χ1v) is 5.77. The SMILES string of the molecule is CC(C)C(C#N)NCCc1cccs1. The average molecular weight is 208 g/mol. The molecule has 76 valence electrons. The van der Waals surface area contributed by atoms with Crippen molar-refractivity contribution in [3.8, 4) is 6.07 Å². The highest BCUT2D eigenvalue weighted by molar-refractivity contribution is 7.09. The second kappa shape index (κ2) is 5.79. The van der Waals surface area contributed by atoms with Crippen LogP contribution in [0, 0.1) is 17.2 Å². The molecule has 0 amide bonds. The second-order valence-electron chi connectivity index (χ2n) is 3.63. The van der Waals surface area contributed by atoms with Gasteiger partial charge in [-0.05, 0) is 23.8 Å². The Hall–Kier alpha value is -0.850. The van der Waals surface area contributed by atoms with Gasteiger partial charge in [0.1, 0.15) is 0 Å². The van der Waals surface area contributed by atoms with Crippen LogP contribution in [0.3, 0.4) is 0 Å². The molecule has 0 aliphatic heterocycles. The van der Waals surface area contributed by atoms with Crippen molar-refractivity contribution in [3.63, 3.8) is 0 Å². The third kappa shape index (κ3) is 3.49. The van der Waals surface area contributed by atoms with Crippen LogP contribution < -0.4 is 5.32 Å². The average Bonchev–Trinajstić information content (AvgIpc) is 2.64. The predicted octanol–water partition coefficient (Wildman–Crippen LogP) is 2.43. The molecule has 1 unspecified atom stereocenters. The van der Waals surface area contributed by atoms with Crippen molar-refractivity contribution < 1.29 is 0 Å². The van der Waals surface area contributed by atoms with Crippen LogP contribution in [0.2, 0.25) is 0 Å². The van der Waals surface area contributed by atoms with E-state index in [1.807, 2.05) is 0 Å². The fraction of sp³-hybridized carbons (Fsp3) is 0.545. The fourth-order valence-electron chi connectivity index (χ4n) is 1.24. The number of hydrogen-bond donors (Lipinski definition) is 1. The molecule has 1 N–H and O–H groups in total. The summed E-state index contributed by atoms with van der Waals surface area (Å²) in [6.45, 7) is 5.01. The molecule has 0 radical (unpaired) electrons. The zero-order valence-corrected chi connectivity index (χ0v) is 9.47. The Bertz CT molecular complexity index is 285. The molecule has 1 heterocycles. The topological polar surface area (TPSA) is 35.8 Å². The Labute approximate surface area is 89.6 Å². The van der Waals surface area contributed by atoms with Gasteiger partial charge in [0.15, 0.2) is 0 Å². The van der Waals surface area contributed by atoms with E-state index in [4.69, 9.17) is 5.26 Å². The van der Waals surface area contributed by atoms with E-state index in [9.17, 15) is 0 Å². The van der Waals surface area contributed by atoms with Crippen LogP contribution >= 0.6 is 11.3 Å². The number of nitrogens with zero attached hydrogens (tertiary/aromatic N) is 1. The molecule has 3 heteroatoms. The van der Waals surface area contributed by atoms with Crippen LogP contribution in [0.25, 0.3) is 0 Å². The molecule has 1 aromatic heterocycles. The van der Waals surface area contributed by atoms with Gasteiger partial charge >= 0.3 is 0 Å². The van der Waals surface area contributed by atoms with E-state index in [0.717, 1.165) is 13.0 Å². The largest absolute Gasteiger partial charge is 0.301 e. The molecule has 0 bridgehead atoms. The minimum Gasteiger partial charge on any atom is -0.301 e. The van der Waals surface area contributed by atoms with E-state index in [1.165, 1.54) is 4.88 Å². The summed E-state index contributed by atoms with van der Waals surface area (Å²) in [5, 5.41) is 14.2. The Morgan fingerprint density at radius 1 is 1.57 bits per heavy atom. The molecule has 0 saturated heterocycles. The van der Waals surface area contributed by atoms with Crippen molar-refractivity contribution in [1.29, 1.82) is 5.26 Å². The standard InChI is InChI=1S/C11H16N2S/c1-9(2)11(8-12)13-6-5-10-4-3-7-14-10/h3-4,7,9,11,13H,5-6H2,1-2H3. The van der Waals surface area contributed by atoms with E-state index in [0.29, 0.717) is 5.92 Å². The van der Waals surface area contributed by atoms with Gasteiger partial charge in [-0.15, -0.1) is 11.3 Å². The normalized spacial score (nSPS) is 12.7. The van der Waals surface area contributed by atoms with Crippen molar-refractivity contribution in [2.45, 2.75) is 26.3 Å². The molecule has 14 heavy (non-hydrogen) atoms. The van der Waals surface area contributed by atoms with Gasteiger partial charge < -0.3 is 5.32 Å². The van der Waals surface area contributed by atoms with Crippen LogP contribution in [0.4, 0.5) is 0 Å². The lowest BCUT2D eigenvalue weighted by Gasteiger charge is -2.14. The van der Waals surface area contributed by atoms with Crippen molar-refractivity contribution >= 4 is 11.3 Å². The first-order valence-electron chi connectivity index (χ1n) is 4.89. The Balaban J connectivity index is 2.24. The molecular weight excluding hydrogens is 192 g/mol. The monoisotopic (exact) mass is 208 g/mol. The van der Waals surface area contributed by atoms with E-state index < -0.39 is 0 Å². The van der Waals surface area contributed by atoms with Crippen LogP contribution in [-0.2, 0) is 6.42 Å². The number of nitriles is 1. The molecule has 0 saturated carbocycles. The molecule has 2 nitrogen and oxygen atoms in total.